The number of anilines is 2. The fourth-order valence-corrected chi connectivity index (χ4v) is 4.23. The highest BCUT2D eigenvalue weighted by Crippen LogP contribution is 2.33. The average molecular weight is 477 g/mol. The number of aromatic nitrogens is 2. The number of benzene rings is 1. The van der Waals surface area contributed by atoms with E-state index in [1.807, 2.05) is 27.7 Å². The second kappa shape index (κ2) is 9.69. The summed E-state index contributed by atoms with van der Waals surface area (Å²) in [6, 6.07) is 4.71. The van der Waals surface area contributed by atoms with Gasteiger partial charge in [0.15, 0.2) is 5.82 Å². The summed E-state index contributed by atoms with van der Waals surface area (Å²) in [5.41, 5.74) is 0.346. The van der Waals surface area contributed by atoms with Crippen LogP contribution in [0.15, 0.2) is 24.5 Å². The van der Waals surface area contributed by atoms with Crippen LogP contribution in [0.1, 0.15) is 33.3 Å². The molecular formula is C24H30F2N4O4. The molecule has 2 aromatic rings. The minimum Gasteiger partial charge on any atom is -0.471 e. The van der Waals surface area contributed by atoms with Crippen LogP contribution in [-0.4, -0.2) is 59.0 Å². The number of piperidine rings is 1. The molecule has 1 aromatic carbocycles. The first-order valence-electron chi connectivity index (χ1n) is 11.4. The lowest BCUT2D eigenvalue weighted by molar-refractivity contribution is -0.114. The van der Waals surface area contributed by atoms with Crippen molar-refractivity contribution in [3.63, 3.8) is 0 Å². The molecule has 2 saturated heterocycles. The highest BCUT2D eigenvalue weighted by molar-refractivity contribution is 5.68. The number of halogens is 2. The first kappa shape index (κ1) is 24.1. The second-order valence-electron chi connectivity index (χ2n) is 9.66. The lowest BCUT2D eigenvalue weighted by Gasteiger charge is -2.46. The van der Waals surface area contributed by atoms with Crippen LogP contribution in [0.2, 0.25) is 0 Å². The van der Waals surface area contributed by atoms with E-state index in [2.05, 4.69) is 15.3 Å². The van der Waals surface area contributed by atoms with Gasteiger partial charge in [0, 0.05) is 24.9 Å². The SMILES string of the molecule is CCc1ccc(Nc2ncnc(OC3C4COCC3CN(C(=O)OC(C)(C)C)C4)c2F)c(F)c1. The summed E-state index contributed by atoms with van der Waals surface area (Å²) < 4.78 is 46.7. The van der Waals surface area contributed by atoms with Gasteiger partial charge in [-0.15, -0.1) is 0 Å². The molecule has 1 amide bonds. The third kappa shape index (κ3) is 5.38. The number of nitrogens with one attached hydrogen (secondary N) is 1. The van der Waals surface area contributed by atoms with Gasteiger partial charge in [-0.2, -0.15) is 9.37 Å². The summed E-state index contributed by atoms with van der Waals surface area (Å²) in [6.07, 6.45) is 1.07. The van der Waals surface area contributed by atoms with Gasteiger partial charge in [-0.05, 0) is 44.9 Å². The van der Waals surface area contributed by atoms with Gasteiger partial charge in [-0.3, -0.25) is 0 Å². The quantitative estimate of drug-likeness (QED) is 0.688. The maximum Gasteiger partial charge on any atom is 0.410 e. The average Bonchev–Trinajstić information content (AvgIpc) is 2.76. The van der Waals surface area contributed by atoms with Crippen molar-refractivity contribution in [3.8, 4) is 5.88 Å². The number of carbonyl (C=O) groups is 1. The zero-order valence-corrected chi connectivity index (χ0v) is 19.8. The molecule has 2 fully saturated rings. The third-order valence-corrected chi connectivity index (χ3v) is 5.85. The second-order valence-corrected chi connectivity index (χ2v) is 9.66. The molecule has 0 aliphatic carbocycles. The highest BCUT2D eigenvalue weighted by atomic mass is 19.1. The molecule has 2 atom stereocenters. The Morgan fingerprint density at radius 1 is 1.21 bits per heavy atom. The van der Waals surface area contributed by atoms with E-state index in [1.165, 1.54) is 12.4 Å². The number of nitrogens with zero attached hydrogens (tertiary/aromatic N) is 3. The van der Waals surface area contributed by atoms with Crippen molar-refractivity contribution in [1.29, 1.82) is 0 Å². The number of likely N-dealkylation sites (tertiary alicyclic amines) is 1. The smallest absolute Gasteiger partial charge is 0.410 e. The zero-order chi connectivity index (χ0) is 24.5. The van der Waals surface area contributed by atoms with E-state index in [0.29, 0.717) is 32.7 Å². The lowest BCUT2D eigenvalue weighted by atomic mass is 9.84. The van der Waals surface area contributed by atoms with Crippen molar-refractivity contribution < 1.29 is 27.8 Å². The molecule has 10 heteroatoms. The lowest BCUT2D eigenvalue weighted by Crippen LogP contribution is -2.59. The Morgan fingerprint density at radius 3 is 2.53 bits per heavy atom. The Bertz CT molecular complexity index is 1030. The Labute approximate surface area is 197 Å². The Morgan fingerprint density at radius 2 is 1.91 bits per heavy atom. The predicted molar refractivity (Wildman–Crippen MR) is 121 cm³/mol. The number of ether oxygens (including phenoxy) is 3. The van der Waals surface area contributed by atoms with Gasteiger partial charge < -0.3 is 24.4 Å². The van der Waals surface area contributed by atoms with Crippen LogP contribution < -0.4 is 10.1 Å². The highest BCUT2D eigenvalue weighted by Gasteiger charge is 2.44. The molecule has 2 aliphatic rings. The monoisotopic (exact) mass is 476 g/mol. The Hall–Kier alpha value is -3.01. The Kier molecular flexibility index (Phi) is 6.88. The van der Waals surface area contributed by atoms with E-state index in [9.17, 15) is 9.18 Å². The minimum absolute atomic E-state index is 0.108. The summed E-state index contributed by atoms with van der Waals surface area (Å²) in [7, 11) is 0. The van der Waals surface area contributed by atoms with Gasteiger partial charge in [0.1, 0.15) is 23.8 Å². The molecule has 2 aliphatic heterocycles. The maximum atomic E-state index is 15.2. The first-order valence-corrected chi connectivity index (χ1v) is 11.4. The molecule has 1 aromatic heterocycles. The van der Waals surface area contributed by atoms with E-state index in [1.54, 1.807) is 17.0 Å². The number of fused-ring (bicyclic) bond motifs is 2. The van der Waals surface area contributed by atoms with Crippen molar-refractivity contribution in [3.05, 3.63) is 41.7 Å². The third-order valence-electron chi connectivity index (χ3n) is 5.85. The van der Waals surface area contributed by atoms with E-state index in [-0.39, 0.29) is 29.2 Å². The zero-order valence-electron chi connectivity index (χ0n) is 19.8. The van der Waals surface area contributed by atoms with Crippen LogP contribution in [0.25, 0.3) is 0 Å². The predicted octanol–water partition coefficient (Wildman–Crippen LogP) is 4.32. The van der Waals surface area contributed by atoms with Crippen LogP contribution in [0, 0.1) is 23.5 Å². The summed E-state index contributed by atoms with van der Waals surface area (Å²) >= 11 is 0. The largest absolute Gasteiger partial charge is 0.471 e. The van der Waals surface area contributed by atoms with Gasteiger partial charge >= 0.3 is 6.09 Å². The number of hydrogen-bond donors (Lipinski definition) is 1. The summed E-state index contributed by atoms with van der Waals surface area (Å²) in [4.78, 5) is 22.1. The van der Waals surface area contributed by atoms with E-state index in [0.717, 1.165) is 5.56 Å². The topological polar surface area (TPSA) is 85.8 Å². The number of rotatable bonds is 5. The van der Waals surface area contributed by atoms with Crippen molar-refractivity contribution in [2.75, 3.05) is 31.6 Å². The standard InChI is InChI=1S/C24H30F2N4O4/c1-5-14-6-7-18(17(25)8-14)29-21-19(26)22(28-13-27-21)33-20-15-9-30(10-16(20)12-32-11-15)23(31)34-24(2,3)4/h6-8,13,15-16,20H,5,9-12H2,1-4H3,(H,27,28,29). The van der Waals surface area contributed by atoms with Gasteiger partial charge in [-0.1, -0.05) is 13.0 Å². The number of aryl methyl sites for hydroxylation is 1. The molecule has 1 N–H and O–H groups in total. The molecule has 184 valence electrons. The first-order chi connectivity index (χ1) is 16.1. The molecule has 0 saturated carbocycles. The molecule has 0 spiro atoms. The van der Waals surface area contributed by atoms with E-state index < -0.39 is 29.4 Å². The molecule has 8 nitrogen and oxygen atoms in total. The van der Waals surface area contributed by atoms with Gasteiger partial charge in [0.05, 0.1) is 18.9 Å². The minimum atomic E-state index is -0.810. The van der Waals surface area contributed by atoms with Crippen LogP contribution >= 0.6 is 0 Å². The number of hydrogen-bond acceptors (Lipinski definition) is 7. The van der Waals surface area contributed by atoms with Crippen molar-refractivity contribution >= 4 is 17.6 Å². The molecule has 2 unspecified atom stereocenters. The maximum absolute atomic E-state index is 15.2. The number of carbonyl (C=O) groups excluding carboxylic acids is 1. The summed E-state index contributed by atoms with van der Waals surface area (Å²) in [5.74, 6) is -2.07. The molecule has 34 heavy (non-hydrogen) atoms. The van der Waals surface area contributed by atoms with E-state index in [4.69, 9.17) is 14.2 Å². The molecule has 4 rings (SSSR count). The fraction of sp³-hybridized carbons (Fsp3) is 0.542. The van der Waals surface area contributed by atoms with Crippen molar-refractivity contribution in [1.82, 2.24) is 14.9 Å². The van der Waals surface area contributed by atoms with Crippen molar-refractivity contribution in [2.45, 2.75) is 45.8 Å². The Balaban J connectivity index is 1.48. The van der Waals surface area contributed by atoms with E-state index >= 15 is 4.39 Å². The van der Waals surface area contributed by atoms with Crippen LogP contribution in [0.4, 0.5) is 25.1 Å². The fourth-order valence-electron chi connectivity index (χ4n) is 4.23. The summed E-state index contributed by atoms with van der Waals surface area (Å²) in [5, 5.41) is 2.69. The van der Waals surface area contributed by atoms with Gasteiger partial charge in [0.2, 0.25) is 5.82 Å². The van der Waals surface area contributed by atoms with Gasteiger partial charge in [-0.25, -0.2) is 14.2 Å². The number of amides is 1. The summed E-state index contributed by atoms with van der Waals surface area (Å²) in [6.45, 7) is 8.84. The molecule has 2 bridgehead atoms. The molecular weight excluding hydrogens is 446 g/mol. The molecule has 3 heterocycles. The molecule has 0 radical (unpaired) electrons. The van der Waals surface area contributed by atoms with Crippen molar-refractivity contribution in [2.24, 2.45) is 11.8 Å². The van der Waals surface area contributed by atoms with Crippen LogP contribution in [0.3, 0.4) is 0 Å². The normalized spacial score (nSPS) is 22.3. The van der Waals surface area contributed by atoms with Gasteiger partial charge in [0.25, 0.3) is 5.88 Å². The van der Waals surface area contributed by atoms with Crippen LogP contribution in [-0.2, 0) is 15.9 Å². The van der Waals surface area contributed by atoms with Crippen LogP contribution in [0.5, 0.6) is 5.88 Å².